The quantitative estimate of drug-likeness (QED) is 0.141. The van der Waals surface area contributed by atoms with Gasteiger partial charge in [-0.15, -0.1) is 0 Å². The van der Waals surface area contributed by atoms with E-state index in [9.17, 15) is 4.79 Å². The molecule has 3 saturated carbocycles. The highest BCUT2D eigenvalue weighted by atomic mass is 28.4. The van der Waals surface area contributed by atoms with Crippen molar-refractivity contribution in [3.63, 3.8) is 0 Å². The fourth-order valence-corrected chi connectivity index (χ4v) is 10.3. The van der Waals surface area contributed by atoms with Crippen molar-refractivity contribution in [2.75, 3.05) is 7.11 Å². The second-order valence-corrected chi connectivity index (χ2v) is 27.4. The van der Waals surface area contributed by atoms with Crippen LogP contribution in [0.1, 0.15) is 107 Å². The van der Waals surface area contributed by atoms with E-state index in [0.29, 0.717) is 17.8 Å². The lowest BCUT2D eigenvalue weighted by Crippen LogP contribution is -2.49. The van der Waals surface area contributed by atoms with Crippen LogP contribution in [0.3, 0.4) is 0 Å². The third-order valence-electron chi connectivity index (χ3n) is 12.7. The van der Waals surface area contributed by atoms with Crippen molar-refractivity contribution in [1.29, 1.82) is 0 Å². The van der Waals surface area contributed by atoms with Gasteiger partial charge < -0.3 is 13.6 Å². The largest absolute Gasteiger partial charge is 0.469 e. The lowest BCUT2D eigenvalue weighted by Gasteiger charge is -2.45. The molecule has 4 nitrogen and oxygen atoms in total. The van der Waals surface area contributed by atoms with E-state index in [1.807, 2.05) is 6.92 Å². The van der Waals surface area contributed by atoms with Crippen molar-refractivity contribution in [3.05, 3.63) is 47.6 Å². The van der Waals surface area contributed by atoms with Gasteiger partial charge in [0.2, 0.25) is 0 Å². The van der Waals surface area contributed by atoms with Crippen LogP contribution in [0.5, 0.6) is 0 Å². The van der Waals surface area contributed by atoms with Gasteiger partial charge in [-0.3, -0.25) is 4.79 Å². The second kappa shape index (κ2) is 14.1. The summed E-state index contributed by atoms with van der Waals surface area (Å²) in [6.45, 7) is 34.9. The topological polar surface area (TPSA) is 44.8 Å². The standard InChI is InChI=1S/C39H68O4Si2/c1-27(18-19-28(2)36(40)41-11)33-22-23-34-30(17-16-24-39(33,34)10)20-21-31-25-32(42-44(12,13)37(4,5)6)26-35(29(31)3)43-45(14,15)38(7,8)9/h18-21,27-28,32-35H,3,16-17,22-26H2,1-2,4-15H3/b19-18-,30-20+,31-21+/t27-,28+,32-,33-,34+,35+,39-/m1/s1. The predicted octanol–water partition coefficient (Wildman–Crippen LogP) is 11.2. The Morgan fingerprint density at radius 3 is 2.13 bits per heavy atom. The van der Waals surface area contributed by atoms with E-state index in [-0.39, 0.29) is 39.6 Å². The monoisotopic (exact) mass is 656 g/mol. The van der Waals surface area contributed by atoms with Gasteiger partial charge in [-0.1, -0.05) is 91.8 Å². The number of carbonyl (C=O) groups excluding carboxylic acids is 1. The number of fused-ring (bicyclic) bond motifs is 1. The molecule has 0 radical (unpaired) electrons. The molecule has 7 atom stereocenters. The van der Waals surface area contributed by atoms with Gasteiger partial charge in [-0.2, -0.15) is 0 Å². The first-order valence-electron chi connectivity index (χ1n) is 17.7. The van der Waals surface area contributed by atoms with Gasteiger partial charge >= 0.3 is 5.97 Å². The second-order valence-electron chi connectivity index (χ2n) is 17.9. The van der Waals surface area contributed by atoms with E-state index in [1.165, 1.54) is 44.8 Å². The summed E-state index contributed by atoms with van der Waals surface area (Å²) < 4.78 is 19.1. The molecule has 0 aromatic carbocycles. The maximum atomic E-state index is 12.0. The molecule has 0 bridgehead atoms. The number of carbonyl (C=O) groups is 1. The molecule has 0 amide bonds. The zero-order valence-electron chi connectivity index (χ0n) is 31.6. The van der Waals surface area contributed by atoms with E-state index in [2.05, 4.69) is 112 Å². The SMILES string of the molecule is C=C1/C(=C/C=C2\CCC[C@]3(C)[C@@H]([C@H](C)/C=C\[C@H](C)C(=O)OC)CC[C@@H]23)C[C@@H](O[Si](C)(C)C(C)(C)C)C[C@@H]1O[Si](C)(C)C(C)(C)C. The Morgan fingerprint density at radius 2 is 1.56 bits per heavy atom. The van der Waals surface area contributed by atoms with Gasteiger partial charge in [0, 0.05) is 6.42 Å². The number of esters is 1. The summed E-state index contributed by atoms with van der Waals surface area (Å²) >= 11 is 0. The van der Waals surface area contributed by atoms with Gasteiger partial charge in [-0.25, -0.2) is 0 Å². The minimum Gasteiger partial charge on any atom is -0.469 e. The average molecular weight is 657 g/mol. The molecule has 3 fully saturated rings. The number of hydrogen-bond acceptors (Lipinski definition) is 4. The van der Waals surface area contributed by atoms with Crippen molar-refractivity contribution in [2.24, 2.45) is 29.1 Å². The summed E-state index contributed by atoms with van der Waals surface area (Å²) in [5.41, 5.74) is 4.37. The zero-order chi connectivity index (χ0) is 34.2. The number of ether oxygens (including phenoxy) is 1. The number of hydrogen-bond donors (Lipinski definition) is 0. The average Bonchev–Trinajstić information content (AvgIpc) is 3.27. The molecule has 3 rings (SSSR count). The van der Waals surface area contributed by atoms with Crippen LogP contribution in [0.4, 0.5) is 0 Å². The summed E-state index contributed by atoms with van der Waals surface area (Å²) in [6, 6.07) is 0. The highest BCUT2D eigenvalue weighted by Crippen LogP contribution is 2.59. The molecule has 0 heterocycles. The van der Waals surface area contributed by atoms with E-state index < -0.39 is 16.6 Å². The Kier molecular flexibility index (Phi) is 12.0. The minimum atomic E-state index is -1.99. The molecule has 3 aliphatic rings. The fraction of sp³-hybridized carbons (Fsp3) is 0.769. The number of allylic oxidation sites excluding steroid dienone is 4. The molecule has 0 aliphatic heterocycles. The van der Waals surface area contributed by atoms with E-state index in [4.69, 9.17) is 13.6 Å². The summed E-state index contributed by atoms with van der Waals surface area (Å²) in [4.78, 5) is 12.0. The van der Waals surface area contributed by atoms with Crippen molar-refractivity contribution < 1.29 is 18.4 Å². The van der Waals surface area contributed by atoms with Crippen LogP contribution in [0.2, 0.25) is 36.3 Å². The summed E-state index contributed by atoms with van der Waals surface area (Å²) in [5.74, 6) is 1.30. The Bertz CT molecular complexity index is 1160. The Hall–Kier alpha value is -1.22. The molecule has 6 heteroatoms. The Balaban J connectivity index is 1.89. The maximum Gasteiger partial charge on any atom is 0.312 e. The molecular weight excluding hydrogens is 589 g/mol. The van der Waals surface area contributed by atoms with Gasteiger partial charge in [0.1, 0.15) is 0 Å². The smallest absolute Gasteiger partial charge is 0.312 e. The fourth-order valence-electron chi connectivity index (χ4n) is 7.65. The summed E-state index contributed by atoms with van der Waals surface area (Å²) in [6.07, 6.45) is 17.4. The Morgan fingerprint density at radius 1 is 0.956 bits per heavy atom. The lowest BCUT2D eigenvalue weighted by atomic mass is 9.61. The lowest BCUT2D eigenvalue weighted by molar-refractivity contribution is -0.143. The van der Waals surface area contributed by atoms with Crippen LogP contribution in [0.15, 0.2) is 47.6 Å². The van der Waals surface area contributed by atoms with E-state index >= 15 is 0 Å². The van der Waals surface area contributed by atoms with Crippen molar-refractivity contribution in [3.8, 4) is 0 Å². The van der Waals surface area contributed by atoms with Crippen molar-refractivity contribution in [1.82, 2.24) is 0 Å². The first kappa shape index (κ1) is 38.2. The molecule has 0 unspecified atom stereocenters. The van der Waals surface area contributed by atoms with Crippen LogP contribution < -0.4 is 0 Å². The molecule has 45 heavy (non-hydrogen) atoms. The van der Waals surface area contributed by atoms with Crippen LogP contribution in [0.25, 0.3) is 0 Å². The molecule has 3 aliphatic carbocycles. The van der Waals surface area contributed by atoms with Gasteiger partial charge in [0.15, 0.2) is 16.6 Å². The molecular formula is C39H68O4Si2. The van der Waals surface area contributed by atoms with Crippen LogP contribution >= 0.6 is 0 Å². The molecule has 256 valence electrons. The number of rotatable bonds is 9. The van der Waals surface area contributed by atoms with Crippen LogP contribution in [-0.2, 0) is 18.4 Å². The van der Waals surface area contributed by atoms with Crippen LogP contribution in [-0.4, -0.2) is 41.9 Å². The van der Waals surface area contributed by atoms with Gasteiger partial charge in [0.05, 0.1) is 25.2 Å². The normalized spacial score (nSPS) is 31.8. The highest BCUT2D eigenvalue weighted by molar-refractivity contribution is 6.74. The predicted molar refractivity (Wildman–Crippen MR) is 196 cm³/mol. The molecule has 0 aromatic rings. The maximum absolute atomic E-state index is 12.0. The summed E-state index contributed by atoms with van der Waals surface area (Å²) in [7, 11) is -2.46. The first-order valence-corrected chi connectivity index (χ1v) is 23.6. The third kappa shape index (κ3) is 8.63. The molecule has 0 aromatic heterocycles. The van der Waals surface area contributed by atoms with Crippen LogP contribution in [0, 0.1) is 29.1 Å². The minimum absolute atomic E-state index is 0.00607. The molecule has 0 spiro atoms. The highest BCUT2D eigenvalue weighted by Gasteiger charge is 2.50. The van der Waals surface area contributed by atoms with E-state index in [0.717, 1.165) is 18.4 Å². The third-order valence-corrected chi connectivity index (χ3v) is 21.7. The first-order chi connectivity index (χ1) is 20.5. The Labute approximate surface area is 279 Å². The van der Waals surface area contributed by atoms with Crippen molar-refractivity contribution in [2.45, 2.75) is 156 Å². The van der Waals surface area contributed by atoms with Gasteiger partial charge in [-0.05, 0) is 116 Å². The molecule has 0 saturated heterocycles. The molecule has 0 N–H and O–H groups in total. The van der Waals surface area contributed by atoms with Crippen molar-refractivity contribution >= 4 is 22.6 Å². The summed E-state index contributed by atoms with van der Waals surface area (Å²) in [5, 5.41) is 0.306. The van der Waals surface area contributed by atoms with Gasteiger partial charge in [0.25, 0.3) is 0 Å². The number of methoxy groups -OCH3 is 1. The zero-order valence-corrected chi connectivity index (χ0v) is 33.6. The van der Waals surface area contributed by atoms with E-state index in [1.54, 1.807) is 5.57 Å².